The second-order valence-corrected chi connectivity index (χ2v) is 9.07. The van der Waals surface area contributed by atoms with Crippen molar-refractivity contribution in [2.45, 2.75) is 129 Å². The second kappa shape index (κ2) is 16.1. The van der Waals surface area contributed by atoms with E-state index in [4.69, 9.17) is 0 Å². The van der Waals surface area contributed by atoms with Gasteiger partial charge in [-0.3, -0.25) is 0 Å². The number of fused-ring (bicyclic) bond motifs is 6. The first-order chi connectivity index (χ1) is 16.5. The summed E-state index contributed by atoms with van der Waals surface area (Å²) in [5, 5.41) is 0. The van der Waals surface area contributed by atoms with E-state index in [2.05, 4.69) is 77.1 Å². The van der Waals surface area contributed by atoms with Crippen molar-refractivity contribution in [3.8, 4) is 0 Å². The Kier molecular flexibility index (Phi) is 16.3. The van der Waals surface area contributed by atoms with Gasteiger partial charge in [-0.15, -0.1) is 0 Å². The number of rotatable bonds is 1. The molecule has 3 aliphatic carbocycles. The Balaban J connectivity index is 0. The minimum Gasteiger partial charge on any atom is -0.0776 e. The molecular formula is C36H62. The summed E-state index contributed by atoms with van der Waals surface area (Å²) < 4.78 is 0. The van der Waals surface area contributed by atoms with E-state index in [9.17, 15) is 0 Å². The highest BCUT2D eigenvalue weighted by Crippen LogP contribution is 2.67. The van der Waals surface area contributed by atoms with Crippen molar-refractivity contribution in [3.63, 3.8) is 0 Å². The zero-order valence-corrected chi connectivity index (χ0v) is 24.8. The van der Waals surface area contributed by atoms with Crippen LogP contribution in [0, 0.1) is 17.8 Å². The van der Waals surface area contributed by atoms with E-state index in [1.807, 2.05) is 55.4 Å². The number of allylic oxidation sites excluding steroid dienone is 2. The third-order valence-corrected chi connectivity index (χ3v) is 8.14. The summed E-state index contributed by atoms with van der Waals surface area (Å²) in [5.74, 6) is 2.65. The van der Waals surface area contributed by atoms with Crippen LogP contribution in [0.15, 0.2) is 48.0 Å². The molecule has 1 unspecified atom stereocenters. The summed E-state index contributed by atoms with van der Waals surface area (Å²) in [5.41, 5.74) is 11.4. The van der Waals surface area contributed by atoms with Crippen LogP contribution in [0.3, 0.4) is 0 Å². The van der Waals surface area contributed by atoms with Gasteiger partial charge in [0.1, 0.15) is 0 Å². The van der Waals surface area contributed by atoms with Gasteiger partial charge in [0.05, 0.1) is 0 Å². The highest BCUT2D eigenvalue weighted by atomic mass is 14.6. The number of hydrogen-bond donors (Lipinski definition) is 0. The van der Waals surface area contributed by atoms with Crippen LogP contribution < -0.4 is 0 Å². The fourth-order valence-electron chi connectivity index (χ4n) is 6.49. The average Bonchev–Trinajstić information content (AvgIpc) is 3.46. The molecule has 0 radical (unpaired) electrons. The van der Waals surface area contributed by atoms with E-state index in [0.717, 1.165) is 12.3 Å². The van der Waals surface area contributed by atoms with Gasteiger partial charge in [-0.2, -0.15) is 0 Å². The van der Waals surface area contributed by atoms with Crippen molar-refractivity contribution in [1.29, 1.82) is 0 Å². The van der Waals surface area contributed by atoms with E-state index < -0.39 is 0 Å². The van der Waals surface area contributed by atoms with Gasteiger partial charge < -0.3 is 0 Å². The fraction of sp³-hybridized carbons (Fsp3) is 0.611. The van der Waals surface area contributed by atoms with Gasteiger partial charge in [0, 0.05) is 5.41 Å². The summed E-state index contributed by atoms with van der Waals surface area (Å²) in [6, 6.07) is 16.7. The zero-order valence-electron chi connectivity index (χ0n) is 24.8. The molecule has 36 heavy (non-hydrogen) atoms. The molecule has 206 valence electrons. The standard InChI is InChI=1S/C26H30.4C2H6.2CH4/c1-6-19-11-12-20-17(4)18(5)26(24(20)14-19)23-10-8-7-9-21(23)22-13-15(2)16(3)25(22)26;4*1-2;;/h7-12,14-18H,6,13H2,1-5H3;4*1-2H3;2*1H4/t15-,16-,17-,18+,26?;;;;;;/m0....../s1. The lowest BCUT2D eigenvalue weighted by Crippen LogP contribution is -2.35. The quantitative estimate of drug-likeness (QED) is 0.369. The third-order valence-electron chi connectivity index (χ3n) is 8.14. The molecular weight excluding hydrogens is 432 g/mol. The van der Waals surface area contributed by atoms with Gasteiger partial charge in [-0.1, -0.05) is 147 Å². The van der Waals surface area contributed by atoms with E-state index in [-0.39, 0.29) is 20.3 Å². The Morgan fingerprint density at radius 2 is 1.28 bits per heavy atom. The van der Waals surface area contributed by atoms with Crippen LogP contribution in [0.25, 0.3) is 5.57 Å². The Morgan fingerprint density at radius 1 is 0.722 bits per heavy atom. The summed E-state index contributed by atoms with van der Waals surface area (Å²) in [7, 11) is 0. The maximum Gasteiger partial charge on any atom is 0.0459 e. The van der Waals surface area contributed by atoms with Gasteiger partial charge in [0.15, 0.2) is 0 Å². The molecule has 0 fully saturated rings. The van der Waals surface area contributed by atoms with Gasteiger partial charge in [0.2, 0.25) is 0 Å². The maximum atomic E-state index is 2.55. The normalized spacial score (nSPS) is 25.5. The number of aryl methyl sites for hydroxylation is 1. The predicted octanol–water partition coefficient (Wildman–Crippen LogP) is 12.1. The van der Waals surface area contributed by atoms with E-state index in [0.29, 0.717) is 17.8 Å². The lowest BCUT2D eigenvalue weighted by atomic mass is 9.63. The lowest BCUT2D eigenvalue weighted by Gasteiger charge is -2.39. The molecule has 2 aromatic rings. The van der Waals surface area contributed by atoms with Crippen LogP contribution in [0.1, 0.15) is 145 Å². The van der Waals surface area contributed by atoms with Crippen LogP contribution in [-0.4, -0.2) is 0 Å². The molecule has 2 aromatic carbocycles. The van der Waals surface area contributed by atoms with Crippen LogP contribution in [0.2, 0.25) is 0 Å². The Bertz CT molecular complexity index is 931. The first-order valence-electron chi connectivity index (χ1n) is 14.5. The summed E-state index contributed by atoms with van der Waals surface area (Å²) in [6.07, 6.45) is 2.37. The Hall–Kier alpha value is -1.82. The summed E-state index contributed by atoms with van der Waals surface area (Å²) >= 11 is 0. The van der Waals surface area contributed by atoms with Gasteiger partial charge in [-0.25, -0.2) is 0 Å². The Morgan fingerprint density at radius 3 is 1.83 bits per heavy atom. The van der Waals surface area contributed by atoms with Crippen molar-refractivity contribution in [3.05, 3.63) is 75.9 Å². The fourth-order valence-corrected chi connectivity index (χ4v) is 6.49. The predicted molar refractivity (Wildman–Crippen MR) is 169 cm³/mol. The molecule has 0 saturated heterocycles. The minimum atomic E-state index is 0. The van der Waals surface area contributed by atoms with Crippen LogP contribution in [0.4, 0.5) is 0 Å². The summed E-state index contributed by atoms with van der Waals surface area (Å²) in [4.78, 5) is 0. The zero-order chi connectivity index (χ0) is 26.2. The molecule has 0 aromatic heterocycles. The second-order valence-electron chi connectivity index (χ2n) is 9.07. The van der Waals surface area contributed by atoms with E-state index in [1.54, 1.807) is 33.4 Å². The number of benzene rings is 2. The molecule has 0 saturated carbocycles. The molecule has 5 rings (SSSR count). The van der Waals surface area contributed by atoms with Crippen LogP contribution >= 0.6 is 0 Å². The molecule has 5 atom stereocenters. The van der Waals surface area contributed by atoms with Crippen molar-refractivity contribution >= 4 is 5.57 Å². The van der Waals surface area contributed by atoms with E-state index in [1.165, 1.54) is 12.0 Å². The first kappa shape index (κ1) is 36.3. The van der Waals surface area contributed by atoms with Crippen molar-refractivity contribution < 1.29 is 0 Å². The molecule has 0 bridgehead atoms. The highest BCUT2D eigenvalue weighted by Gasteiger charge is 2.59. The monoisotopic (exact) mass is 494 g/mol. The van der Waals surface area contributed by atoms with Gasteiger partial charge in [-0.05, 0) is 75.5 Å². The smallest absolute Gasteiger partial charge is 0.0459 e. The van der Waals surface area contributed by atoms with Gasteiger partial charge >= 0.3 is 0 Å². The molecule has 0 amide bonds. The molecule has 0 aliphatic heterocycles. The Labute approximate surface area is 228 Å². The largest absolute Gasteiger partial charge is 0.0776 e. The minimum absolute atomic E-state index is 0. The first-order valence-corrected chi connectivity index (χ1v) is 14.5. The topological polar surface area (TPSA) is 0 Å². The van der Waals surface area contributed by atoms with E-state index >= 15 is 0 Å². The highest BCUT2D eigenvalue weighted by molar-refractivity contribution is 5.86. The molecule has 0 heterocycles. The average molecular weight is 495 g/mol. The summed E-state index contributed by atoms with van der Waals surface area (Å²) in [6.45, 7) is 28.2. The van der Waals surface area contributed by atoms with Crippen molar-refractivity contribution in [2.24, 2.45) is 17.8 Å². The lowest BCUT2D eigenvalue weighted by molar-refractivity contribution is 0.347. The molecule has 0 nitrogen and oxygen atoms in total. The molecule has 0 heteroatoms. The van der Waals surface area contributed by atoms with Gasteiger partial charge in [0.25, 0.3) is 0 Å². The van der Waals surface area contributed by atoms with Crippen LogP contribution in [-0.2, 0) is 11.8 Å². The SMILES string of the molecule is C.C.CC.CC.CC.CC.CCc1ccc2c(c1)C1(C3=C(C[C@H](C)[C@@H]3C)c3ccccc31)[C@H](C)[C@@H]2C. The molecule has 1 spiro atoms. The number of hydrogen-bond acceptors (Lipinski definition) is 0. The van der Waals surface area contributed by atoms with Crippen molar-refractivity contribution in [1.82, 2.24) is 0 Å². The van der Waals surface area contributed by atoms with Crippen LogP contribution in [0.5, 0.6) is 0 Å². The molecule has 0 N–H and O–H groups in total. The van der Waals surface area contributed by atoms with Crippen molar-refractivity contribution in [2.75, 3.05) is 0 Å². The maximum absolute atomic E-state index is 2.55. The molecule has 3 aliphatic rings. The third kappa shape index (κ3) is 5.39.